The zero-order valence-electron chi connectivity index (χ0n) is 24.1. The number of aromatic nitrogens is 2. The van der Waals surface area contributed by atoms with Gasteiger partial charge in [0.05, 0.1) is 37.2 Å². The molecule has 2 unspecified atom stereocenters. The molecule has 0 aliphatic heterocycles. The van der Waals surface area contributed by atoms with Crippen LogP contribution < -0.4 is 15.6 Å². The first-order chi connectivity index (χ1) is 17.2. The van der Waals surface area contributed by atoms with Crippen LogP contribution in [-0.4, -0.2) is 22.6 Å². The van der Waals surface area contributed by atoms with Crippen molar-refractivity contribution in [1.29, 1.82) is 5.26 Å². The first-order valence-corrected chi connectivity index (χ1v) is 13.6. The molecular weight excluding hydrogens is 446 g/mol. The summed E-state index contributed by atoms with van der Waals surface area (Å²) < 4.78 is 5.30. The number of nitriles is 1. The number of hydrogen-bond acceptors (Lipinski definition) is 6. The highest BCUT2D eigenvalue weighted by molar-refractivity contribution is 5.41. The molecule has 1 aliphatic carbocycles. The van der Waals surface area contributed by atoms with Gasteiger partial charge in [-0.1, -0.05) is 53.4 Å². The predicted molar refractivity (Wildman–Crippen MR) is 151 cm³/mol. The maximum atomic E-state index is 9.86. The molecule has 6 heteroatoms. The summed E-state index contributed by atoms with van der Waals surface area (Å²) in [6.45, 7) is 16.7. The van der Waals surface area contributed by atoms with E-state index in [1.165, 1.54) is 19.3 Å². The monoisotopic (exact) mass is 495 g/mol. The highest BCUT2D eigenvalue weighted by Crippen LogP contribution is 2.34. The van der Waals surface area contributed by atoms with Gasteiger partial charge in [-0.2, -0.15) is 5.26 Å². The molecule has 36 heavy (non-hydrogen) atoms. The van der Waals surface area contributed by atoms with Crippen molar-refractivity contribution >= 4 is 5.69 Å². The average molecular weight is 496 g/mol. The Morgan fingerprint density at radius 1 is 1.17 bits per heavy atom. The van der Waals surface area contributed by atoms with E-state index in [1.807, 2.05) is 39.1 Å². The molecule has 2 aromatic heterocycles. The maximum Gasteiger partial charge on any atom is 0.137 e. The zero-order valence-corrected chi connectivity index (χ0v) is 24.1. The summed E-state index contributed by atoms with van der Waals surface area (Å²) in [4.78, 5) is 9.07. The van der Waals surface area contributed by atoms with E-state index in [4.69, 9.17) is 4.74 Å². The minimum atomic E-state index is -0.253. The summed E-state index contributed by atoms with van der Waals surface area (Å²) >= 11 is 0. The number of methoxy groups -OCH3 is 1. The molecule has 3 rings (SSSR count). The third kappa shape index (κ3) is 11.0. The second-order valence-corrected chi connectivity index (χ2v) is 10.5. The van der Waals surface area contributed by atoms with Gasteiger partial charge in [-0.15, -0.1) is 0 Å². The van der Waals surface area contributed by atoms with Crippen LogP contribution in [0, 0.1) is 24.2 Å². The van der Waals surface area contributed by atoms with Gasteiger partial charge in [0.1, 0.15) is 5.75 Å². The summed E-state index contributed by atoms with van der Waals surface area (Å²) in [5.41, 5.74) is 10.1. The number of pyridine rings is 2. The molecule has 0 spiro atoms. The van der Waals surface area contributed by atoms with Crippen molar-refractivity contribution in [1.82, 2.24) is 15.4 Å². The maximum absolute atomic E-state index is 9.86. The van der Waals surface area contributed by atoms with E-state index in [2.05, 4.69) is 67.6 Å². The van der Waals surface area contributed by atoms with Crippen molar-refractivity contribution in [3.63, 3.8) is 0 Å². The molecule has 0 aromatic carbocycles. The molecule has 2 aromatic rings. The molecular formula is C30H49N5O. The molecule has 1 saturated carbocycles. The van der Waals surface area contributed by atoms with E-state index in [-0.39, 0.29) is 17.4 Å². The van der Waals surface area contributed by atoms with Crippen LogP contribution in [-0.2, 0) is 0 Å². The molecule has 0 bridgehead atoms. The van der Waals surface area contributed by atoms with Gasteiger partial charge in [0.2, 0.25) is 0 Å². The number of rotatable bonds is 9. The number of ether oxygens (including phenoxy) is 1. The Balaban J connectivity index is 0.000000806. The molecule has 1 aliphatic rings. The average Bonchev–Trinajstić information content (AvgIpc) is 2.86. The van der Waals surface area contributed by atoms with Crippen LogP contribution in [0.15, 0.2) is 30.6 Å². The summed E-state index contributed by atoms with van der Waals surface area (Å²) in [7, 11) is 1.62. The predicted octanol–water partition coefficient (Wildman–Crippen LogP) is 7.92. The Morgan fingerprint density at radius 3 is 2.28 bits per heavy atom. The van der Waals surface area contributed by atoms with E-state index >= 15 is 0 Å². The number of hydrazine groups is 1. The van der Waals surface area contributed by atoms with Crippen molar-refractivity contribution in [3.05, 3.63) is 47.5 Å². The van der Waals surface area contributed by atoms with E-state index in [0.717, 1.165) is 41.4 Å². The Bertz CT molecular complexity index is 910. The summed E-state index contributed by atoms with van der Waals surface area (Å²) in [6, 6.07) is 8.49. The number of hydrogen-bond donors (Lipinski definition) is 2. The van der Waals surface area contributed by atoms with Gasteiger partial charge in [0, 0.05) is 22.8 Å². The Labute approximate surface area is 220 Å². The molecule has 2 atom stereocenters. The van der Waals surface area contributed by atoms with Crippen LogP contribution in [0.5, 0.6) is 5.75 Å². The fourth-order valence-corrected chi connectivity index (χ4v) is 3.86. The zero-order chi connectivity index (χ0) is 27.1. The summed E-state index contributed by atoms with van der Waals surface area (Å²) in [5.74, 6) is 1.70. The number of nitrogens with zero attached hydrogens (tertiary/aromatic N) is 3. The lowest BCUT2D eigenvalue weighted by Gasteiger charge is -2.23. The van der Waals surface area contributed by atoms with Crippen molar-refractivity contribution in [2.75, 3.05) is 12.5 Å². The van der Waals surface area contributed by atoms with Crippen LogP contribution in [0.2, 0.25) is 0 Å². The molecule has 6 nitrogen and oxygen atoms in total. The molecule has 2 heterocycles. The van der Waals surface area contributed by atoms with E-state index in [1.54, 1.807) is 13.3 Å². The topological polar surface area (TPSA) is 82.9 Å². The second kappa shape index (κ2) is 16.2. The largest absolute Gasteiger partial charge is 0.495 e. The van der Waals surface area contributed by atoms with Crippen molar-refractivity contribution in [3.8, 4) is 11.8 Å². The molecule has 0 radical (unpaired) electrons. The number of aryl methyl sites for hydroxylation is 1. The SMILES string of the molecule is CC.CC1CCC1.CCCC(CC(C#N)c1cc(OC)cnc1C)c1ccc(NNC(C)(C)C)cn1. The van der Waals surface area contributed by atoms with Gasteiger partial charge in [-0.25, -0.2) is 5.43 Å². The third-order valence-electron chi connectivity index (χ3n) is 6.21. The van der Waals surface area contributed by atoms with Gasteiger partial charge in [0.15, 0.2) is 0 Å². The van der Waals surface area contributed by atoms with Crippen LogP contribution >= 0.6 is 0 Å². The number of nitrogens with one attached hydrogen (secondary N) is 2. The molecule has 1 fully saturated rings. The molecule has 0 saturated heterocycles. The lowest BCUT2D eigenvalue weighted by molar-refractivity contribution is 0.346. The van der Waals surface area contributed by atoms with E-state index < -0.39 is 0 Å². The highest BCUT2D eigenvalue weighted by atomic mass is 16.5. The first kappa shape index (κ1) is 31.4. The van der Waals surface area contributed by atoms with Crippen molar-refractivity contribution < 1.29 is 4.74 Å². The highest BCUT2D eigenvalue weighted by Gasteiger charge is 2.22. The van der Waals surface area contributed by atoms with Gasteiger partial charge in [0.25, 0.3) is 0 Å². The molecule has 200 valence electrons. The molecule has 0 amide bonds. The van der Waals surface area contributed by atoms with E-state index in [0.29, 0.717) is 12.2 Å². The first-order valence-electron chi connectivity index (χ1n) is 13.6. The lowest BCUT2D eigenvalue weighted by atomic mass is 9.85. The summed E-state index contributed by atoms with van der Waals surface area (Å²) in [6.07, 6.45) is 10.7. The summed E-state index contributed by atoms with van der Waals surface area (Å²) in [5, 5.41) is 9.86. The minimum Gasteiger partial charge on any atom is -0.495 e. The van der Waals surface area contributed by atoms with E-state index in [9.17, 15) is 5.26 Å². The van der Waals surface area contributed by atoms with Crippen LogP contribution in [0.3, 0.4) is 0 Å². The van der Waals surface area contributed by atoms with Gasteiger partial charge < -0.3 is 10.2 Å². The molecule has 2 N–H and O–H groups in total. The quantitative estimate of drug-likeness (QED) is 0.344. The van der Waals surface area contributed by atoms with Crippen LogP contribution in [0.4, 0.5) is 5.69 Å². The number of anilines is 1. The fourth-order valence-electron chi connectivity index (χ4n) is 3.86. The van der Waals surface area contributed by atoms with Gasteiger partial charge >= 0.3 is 0 Å². The van der Waals surface area contributed by atoms with Gasteiger partial charge in [-0.3, -0.25) is 9.97 Å². The smallest absolute Gasteiger partial charge is 0.137 e. The fraction of sp³-hybridized carbons (Fsp3) is 0.633. The standard InChI is InChI=1S/C23H33N5O.C5H10.C2H6/c1-7-8-17(22-10-9-19(14-26-22)27-28-23(3,4)5)11-18(13-24)21-12-20(29-6)15-25-16(21)2;1-5-3-2-4-5;1-2/h9-10,12,14-15,17-18,27-28H,7-8,11H2,1-6H3;5H,2-4H2,1H3;1-2H3. The Morgan fingerprint density at radius 2 is 1.83 bits per heavy atom. The Kier molecular flexibility index (Phi) is 14.1. The Hall–Kier alpha value is -2.65. The lowest BCUT2D eigenvalue weighted by Crippen LogP contribution is -2.40. The normalized spacial score (nSPS) is 14.6. The van der Waals surface area contributed by atoms with Crippen molar-refractivity contribution in [2.24, 2.45) is 5.92 Å². The van der Waals surface area contributed by atoms with Gasteiger partial charge in [-0.05, 0) is 70.2 Å². The van der Waals surface area contributed by atoms with Crippen molar-refractivity contribution in [2.45, 2.75) is 111 Å². The van der Waals surface area contributed by atoms with Crippen LogP contribution in [0.25, 0.3) is 0 Å². The third-order valence-corrected chi connectivity index (χ3v) is 6.21. The minimum absolute atomic E-state index is 0.0356. The van der Waals surface area contributed by atoms with Crippen LogP contribution in [0.1, 0.15) is 116 Å². The second-order valence-electron chi connectivity index (χ2n) is 10.5.